The van der Waals surface area contributed by atoms with Gasteiger partial charge < -0.3 is 33.3 Å². The molecule has 2 atom stereocenters. The van der Waals surface area contributed by atoms with Gasteiger partial charge in [0.15, 0.2) is 12.4 Å². The molecule has 0 heterocycles. The molecule has 9 nitrogen and oxygen atoms in total. The van der Waals surface area contributed by atoms with Gasteiger partial charge in [-0.25, -0.2) is 0 Å². The third kappa shape index (κ3) is 42.9. The van der Waals surface area contributed by atoms with Gasteiger partial charge in [0.05, 0.1) is 40.3 Å². The summed E-state index contributed by atoms with van der Waals surface area (Å²) in [6, 6.07) is 0. The lowest BCUT2D eigenvalue weighted by molar-refractivity contribution is -0.870. The molecule has 0 aromatic rings. The maximum atomic E-state index is 12.7. The number of carbonyl (C=O) groups is 3. The Hall–Kier alpha value is -3.01. The van der Waals surface area contributed by atoms with Crippen LogP contribution in [0.25, 0.3) is 0 Å². The number of quaternary nitrogens is 1. The van der Waals surface area contributed by atoms with E-state index >= 15 is 0 Å². The van der Waals surface area contributed by atoms with E-state index < -0.39 is 24.3 Å². The molecule has 9 heteroatoms. The molecule has 0 aliphatic rings. The summed E-state index contributed by atoms with van der Waals surface area (Å²) in [6.07, 6.45) is 46.9. The molecular formula is C50H87NO8. The summed E-state index contributed by atoms with van der Waals surface area (Å²) in [5, 5.41) is 11.7. The number of nitrogens with zero attached hydrogens (tertiary/aromatic N) is 1. The minimum atomic E-state index is -1.64. The average Bonchev–Trinajstić information content (AvgIpc) is 3.19. The molecule has 0 aliphatic carbocycles. The van der Waals surface area contributed by atoms with Gasteiger partial charge >= 0.3 is 11.9 Å². The van der Waals surface area contributed by atoms with Crippen molar-refractivity contribution in [2.75, 3.05) is 47.5 Å². The Morgan fingerprint density at radius 2 is 0.966 bits per heavy atom. The Bertz CT molecular complexity index is 1150. The van der Waals surface area contributed by atoms with E-state index in [4.69, 9.17) is 18.9 Å². The van der Waals surface area contributed by atoms with Crippen LogP contribution in [0.5, 0.6) is 0 Å². The number of carbonyl (C=O) groups excluding carboxylic acids is 3. The number of rotatable bonds is 42. The molecule has 0 rings (SSSR count). The van der Waals surface area contributed by atoms with Crippen LogP contribution in [0.3, 0.4) is 0 Å². The zero-order valence-electron chi connectivity index (χ0n) is 38.4. The Morgan fingerprint density at radius 3 is 1.42 bits per heavy atom. The number of hydrogen-bond acceptors (Lipinski definition) is 8. The van der Waals surface area contributed by atoms with E-state index in [1.54, 1.807) is 0 Å². The topological polar surface area (TPSA) is 111 Å². The minimum Gasteiger partial charge on any atom is -0.545 e. The van der Waals surface area contributed by atoms with Gasteiger partial charge in [0, 0.05) is 12.8 Å². The number of likely N-dealkylation sites (N-methyl/N-ethyl adjacent to an activating group) is 1. The summed E-state index contributed by atoms with van der Waals surface area (Å²) in [4.78, 5) is 37.0. The first-order valence-electron chi connectivity index (χ1n) is 23.4. The third-order valence-electron chi connectivity index (χ3n) is 9.78. The van der Waals surface area contributed by atoms with Gasteiger partial charge in [0.2, 0.25) is 0 Å². The molecule has 0 bridgehead atoms. The molecular weight excluding hydrogens is 743 g/mol. The summed E-state index contributed by atoms with van der Waals surface area (Å²) in [5.41, 5.74) is 0. The quantitative estimate of drug-likeness (QED) is 0.0197. The Labute approximate surface area is 361 Å². The van der Waals surface area contributed by atoms with Crippen LogP contribution in [0.2, 0.25) is 0 Å². The number of aliphatic carboxylic acids is 1. The first-order chi connectivity index (χ1) is 28.6. The SMILES string of the molecule is CC/C=C\C/C=C\C/C=C\C/C=C\C/C=C\CCCC(=O)OC(COC(=O)CCCCCCCCCCCCCCCCCCC)COC(OCC[N+](C)(C)C)C(=O)[O-]. The Kier molecular flexibility index (Phi) is 39.6. The molecule has 0 aromatic carbocycles. The van der Waals surface area contributed by atoms with Crippen molar-refractivity contribution in [3.05, 3.63) is 60.8 Å². The molecule has 0 spiro atoms. The van der Waals surface area contributed by atoms with Gasteiger partial charge in [0.1, 0.15) is 13.2 Å². The van der Waals surface area contributed by atoms with Gasteiger partial charge in [0.25, 0.3) is 0 Å². The molecule has 0 amide bonds. The molecule has 0 fully saturated rings. The molecule has 0 radical (unpaired) electrons. The number of esters is 2. The standard InChI is InChI=1S/C50H87NO8/c1-6-8-10-12-14-16-18-20-22-24-26-28-30-32-34-36-38-40-47(52)57-44-46(45-58-50(49(54)55)56-43-42-51(3,4)5)59-48(53)41-39-37-35-33-31-29-27-25-23-21-19-17-15-13-11-9-7-2/h9,11,15,17,21,23,27,29,33,35,46,50H,6-8,10,12-14,16,18-20,22,24-26,28,30-32,34,36-45H2,1-5H3/b11-9-,17-15-,23-21-,29-27-,35-33-. The second-order valence-electron chi connectivity index (χ2n) is 16.7. The fraction of sp³-hybridized carbons (Fsp3) is 0.740. The van der Waals surface area contributed by atoms with Crippen molar-refractivity contribution in [1.29, 1.82) is 0 Å². The largest absolute Gasteiger partial charge is 0.545 e. The second kappa shape index (κ2) is 41.7. The van der Waals surface area contributed by atoms with Crippen molar-refractivity contribution >= 4 is 17.9 Å². The van der Waals surface area contributed by atoms with E-state index in [9.17, 15) is 19.5 Å². The minimum absolute atomic E-state index is 0.136. The summed E-state index contributed by atoms with van der Waals surface area (Å²) < 4.78 is 22.5. The molecule has 340 valence electrons. The number of hydrogen-bond donors (Lipinski definition) is 0. The Morgan fingerprint density at radius 1 is 0.525 bits per heavy atom. The number of allylic oxidation sites excluding steroid dienone is 10. The van der Waals surface area contributed by atoms with Crippen molar-refractivity contribution in [2.24, 2.45) is 0 Å². The summed E-state index contributed by atoms with van der Waals surface area (Å²) in [6.45, 7) is 4.56. The molecule has 59 heavy (non-hydrogen) atoms. The lowest BCUT2D eigenvalue weighted by Gasteiger charge is -2.26. The molecule has 0 saturated carbocycles. The van der Waals surface area contributed by atoms with Gasteiger partial charge in [-0.2, -0.15) is 0 Å². The van der Waals surface area contributed by atoms with Crippen LogP contribution in [0.4, 0.5) is 0 Å². The fourth-order valence-corrected chi connectivity index (χ4v) is 6.16. The molecule has 0 aliphatic heterocycles. The molecule has 0 saturated heterocycles. The first kappa shape index (κ1) is 56.0. The predicted molar refractivity (Wildman–Crippen MR) is 242 cm³/mol. The molecule has 0 aromatic heterocycles. The summed E-state index contributed by atoms with van der Waals surface area (Å²) in [7, 11) is 5.89. The van der Waals surface area contributed by atoms with Crippen LogP contribution in [-0.2, 0) is 33.3 Å². The Balaban J connectivity index is 4.49. The first-order valence-corrected chi connectivity index (χ1v) is 23.4. The maximum Gasteiger partial charge on any atom is 0.306 e. The smallest absolute Gasteiger partial charge is 0.306 e. The van der Waals surface area contributed by atoms with Crippen LogP contribution in [-0.4, -0.2) is 82.3 Å². The van der Waals surface area contributed by atoms with Gasteiger partial charge in [-0.05, 0) is 51.4 Å². The number of carboxylic acids is 1. The van der Waals surface area contributed by atoms with Gasteiger partial charge in [-0.3, -0.25) is 9.59 Å². The van der Waals surface area contributed by atoms with E-state index in [0.29, 0.717) is 23.9 Å². The van der Waals surface area contributed by atoms with E-state index in [1.165, 1.54) is 89.9 Å². The summed E-state index contributed by atoms with van der Waals surface area (Å²) in [5.74, 6) is -2.36. The monoisotopic (exact) mass is 830 g/mol. The van der Waals surface area contributed by atoms with Crippen LogP contribution in [0.1, 0.15) is 181 Å². The van der Waals surface area contributed by atoms with Crippen LogP contribution < -0.4 is 5.11 Å². The van der Waals surface area contributed by atoms with Crippen molar-refractivity contribution < 1.29 is 42.9 Å². The third-order valence-corrected chi connectivity index (χ3v) is 9.78. The van der Waals surface area contributed by atoms with E-state index in [-0.39, 0.29) is 38.6 Å². The van der Waals surface area contributed by atoms with Crippen LogP contribution >= 0.6 is 0 Å². The summed E-state index contributed by atoms with van der Waals surface area (Å²) >= 11 is 0. The van der Waals surface area contributed by atoms with Crippen molar-refractivity contribution in [1.82, 2.24) is 0 Å². The fourth-order valence-electron chi connectivity index (χ4n) is 6.16. The van der Waals surface area contributed by atoms with Crippen molar-refractivity contribution in [3.8, 4) is 0 Å². The van der Waals surface area contributed by atoms with Gasteiger partial charge in [-0.1, -0.05) is 177 Å². The highest BCUT2D eigenvalue weighted by Crippen LogP contribution is 2.15. The van der Waals surface area contributed by atoms with Crippen LogP contribution in [0.15, 0.2) is 60.8 Å². The van der Waals surface area contributed by atoms with E-state index in [2.05, 4.69) is 68.5 Å². The predicted octanol–water partition coefficient (Wildman–Crippen LogP) is 11.2. The zero-order chi connectivity index (χ0) is 43.5. The van der Waals surface area contributed by atoms with Crippen molar-refractivity contribution in [3.63, 3.8) is 0 Å². The van der Waals surface area contributed by atoms with Gasteiger partial charge in [-0.15, -0.1) is 0 Å². The lowest BCUT2D eigenvalue weighted by atomic mass is 10.0. The normalized spacial score (nSPS) is 13.4. The second-order valence-corrected chi connectivity index (χ2v) is 16.7. The highest BCUT2D eigenvalue weighted by molar-refractivity contribution is 5.70. The average molecular weight is 830 g/mol. The number of unbranched alkanes of at least 4 members (excludes halogenated alkanes) is 17. The maximum absolute atomic E-state index is 12.7. The molecule has 2 unspecified atom stereocenters. The zero-order valence-corrected chi connectivity index (χ0v) is 38.4. The lowest BCUT2D eigenvalue weighted by Crippen LogP contribution is -2.44. The van der Waals surface area contributed by atoms with Crippen LogP contribution in [0, 0.1) is 0 Å². The highest BCUT2D eigenvalue weighted by Gasteiger charge is 2.21. The molecule has 0 N–H and O–H groups in total. The van der Waals surface area contributed by atoms with Crippen molar-refractivity contribution in [2.45, 2.75) is 193 Å². The number of carboxylic acid groups (broad SMARTS) is 1. The van der Waals surface area contributed by atoms with E-state index in [1.807, 2.05) is 27.2 Å². The highest BCUT2D eigenvalue weighted by atomic mass is 16.7. The number of ether oxygens (including phenoxy) is 4. The van der Waals surface area contributed by atoms with E-state index in [0.717, 1.165) is 51.4 Å².